The van der Waals surface area contributed by atoms with Crippen LogP contribution in [0.2, 0.25) is 0 Å². The number of benzene rings is 1. The van der Waals surface area contributed by atoms with E-state index >= 15 is 0 Å². The average Bonchev–Trinajstić information content (AvgIpc) is 2.96. The summed E-state index contributed by atoms with van der Waals surface area (Å²) in [6.45, 7) is 4.73. The zero-order valence-corrected chi connectivity index (χ0v) is 12.2. The fraction of sp³-hybridized carbons (Fsp3) is 0.176. The molecule has 0 saturated heterocycles. The van der Waals surface area contributed by atoms with Crippen LogP contribution in [0, 0.1) is 13.8 Å². The van der Waals surface area contributed by atoms with E-state index in [4.69, 9.17) is 0 Å². The van der Waals surface area contributed by atoms with Crippen molar-refractivity contribution in [2.24, 2.45) is 0 Å². The molecule has 0 bridgehead atoms. The van der Waals surface area contributed by atoms with Crippen molar-refractivity contribution in [1.29, 1.82) is 0 Å². The molecule has 0 amide bonds. The minimum Gasteiger partial charge on any atom is -0.379 e. The number of rotatable bonds is 4. The van der Waals surface area contributed by atoms with Gasteiger partial charge in [0.05, 0.1) is 23.3 Å². The summed E-state index contributed by atoms with van der Waals surface area (Å²) in [6, 6.07) is 14.3. The van der Waals surface area contributed by atoms with Crippen molar-refractivity contribution in [2.75, 3.05) is 5.32 Å². The van der Waals surface area contributed by atoms with E-state index in [1.165, 1.54) is 0 Å². The molecule has 0 aliphatic rings. The normalized spacial score (nSPS) is 10.6. The van der Waals surface area contributed by atoms with Crippen LogP contribution in [0.25, 0.3) is 11.3 Å². The molecule has 3 aromatic rings. The molecule has 0 atom stereocenters. The standard InChI is InChI=1S/C17H18N4/c1-12-8-9-16(13(2)20-12)18-10-15-11-19-21-17(15)14-6-4-3-5-7-14/h3-9,11,18H,10H2,1-2H3,(H,19,21). The molecule has 0 unspecified atom stereocenters. The van der Waals surface area contributed by atoms with E-state index in [0.29, 0.717) is 6.54 Å². The first-order valence-electron chi connectivity index (χ1n) is 7.00. The predicted octanol–water partition coefficient (Wildman–Crippen LogP) is 3.70. The van der Waals surface area contributed by atoms with Crippen molar-refractivity contribution in [3.05, 3.63) is 65.6 Å². The smallest absolute Gasteiger partial charge is 0.0700 e. The van der Waals surface area contributed by atoms with Gasteiger partial charge in [0, 0.05) is 17.8 Å². The fourth-order valence-electron chi connectivity index (χ4n) is 2.36. The van der Waals surface area contributed by atoms with E-state index in [1.54, 1.807) is 0 Å². The molecule has 0 spiro atoms. The van der Waals surface area contributed by atoms with Crippen LogP contribution in [0.4, 0.5) is 5.69 Å². The first-order valence-corrected chi connectivity index (χ1v) is 7.00. The molecule has 4 nitrogen and oxygen atoms in total. The number of anilines is 1. The van der Waals surface area contributed by atoms with Crippen molar-refractivity contribution in [1.82, 2.24) is 15.2 Å². The number of hydrogen-bond acceptors (Lipinski definition) is 3. The summed E-state index contributed by atoms with van der Waals surface area (Å²) in [5.74, 6) is 0. The SMILES string of the molecule is Cc1ccc(NCc2cn[nH]c2-c2ccccc2)c(C)n1. The van der Waals surface area contributed by atoms with Crippen molar-refractivity contribution in [2.45, 2.75) is 20.4 Å². The molecule has 2 heterocycles. The second-order valence-electron chi connectivity index (χ2n) is 5.08. The predicted molar refractivity (Wildman–Crippen MR) is 85.1 cm³/mol. The topological polar surface area (TPSA) is 53.6 Å². The molecular formula is C17H18N4. The number of hydrogen-bond donors (Lipinski definition) is 2. The summed E-state index contributed by atoms with van der Waals surface area (Å²) in [4.78, 5) is 4.47. The van der Waals surface area contributed by atoms with Crippen LogP contribution >= 0.6 is 0 Å². The molecule has 3 rings (SSSR count). The maximum absolute atomic E-state index is 4.47. The maximum Gasteiger partial charge on any atom is 0.0700 e. The van der Waals surface area contributed by atoms with Crippen LogP contribution in [-0.2, 0) is 6.54 Å². The maximum atomic E-state index is 4.47. The Morgan fingerprint density at radius 3 is 2.62 bits per heavy atom. The summed E-state index contributed by atoms with van der Waals surface area (Å²) in [6.07, 6.45) is 1.87. The Bertz CT molecular complexity index is 732. The van der Waals surface area contributed by atoms with Crippen molar-refractivity contribution >= 4 is 5.69 Å². The van der Waals surface area contributed by atoms with Gasteiger partial charge < -0.3 is 5.32 Å². The molecule has 0 radical (unpaired) electrons. The minimum absolute atomic E-state index is 0.715. The molecule has 1 aromatic carbocycles. The number of pyridine rings is 1. The van der Waals surface area contributed by atoms with E-state index in [9.17, 15) is 0 Å². The molecule has 106 valence electrons. The number of nitrogens with one attached hydrogen (secondary N) is 2. The van der Waals surface area contributed by atoms with E-state index in [-0.39, 0.29) is 0 Å². The molecule has 0 fully saturated rings. The van der Waals surface area contributed by atoms with Gasteiger partial charge in [0.25, 0.3) is 0 Å². The number of aromatic nitrogens is 3. The van der Waals surface area contributed by atoms with Gasteiger partial charge >= 0.3 is 0 Å². The van der Waals surface area contributed by atoms with Crippen molar-refractivity contribution in [3.63, 3.8) is 0 Å². The van der Waals surface area contributed by atoms with Gasteiger partial charge in [0.1, 0.15) is 0 Å². The largest absolute Gasteiger partial charge is 0.379 e. The second-order valence-corrected chi connectivity index (χ2v) is 5.08. The molecule has 21 heavy (non-hydrogen) atoms. The Kier molecular flexibility index (Phi) is 3.69. The van der Waals surface area contributed by atoms with Gasteiger partial charge in [-0.25, -0.2) is 0 Å². The third kappa shape index (κ3) is 2.94. The van der Waals surface area contributed by atoms with Gasteiger partial charge in [-0.3, -0.25) is 10.1 Å². The summed E-state index contributed by atoms with van der Waals surface area (Å²) in [5, 5.41) is 10.7. The Morgan fingerprint density at radius 2 is 1.86 bits per heavy atom. The van der Waals surface area contributed by atoms with Crippen LogP contribution in [0.3, 0.4) is 0 Å². The number of nitrogens with zero attached hydrogens (tertiary/aromatic N) is 2. The lowest BCUT2D eigenvalue weighted by Crippen LogP contribution is -2.03. The number of aromatic amines is 1. The van der Waals surface area contributed by atoms with Crippen molar-refractivity contribution in [3.8, 4) is 11.3 Å². The quantitative estimate of drug-likeness (QED) is 0.765. The lowest BCUT2D eigenvalue weighted by molar-refractivity contribution is 1.08. The van der Waals surface area contributed by atoms with Crippen LogP contribution in [0.15, 0.2) is 48.7 Å². The summed E-state index contributed by atoms with van der Waals surface area (Å²) in [7, 11) is 0. The molecule has 0 aliphatic heterocycles. The highest BCUT2D eigenvalue weighted by Crippen LogP contribution is 2.22. The minimum atomic E-state index is 0.715. The van der Waals surface area contributed by atoms with Gasteiger partial charge in [0.2, 0.25) is 0 Å². The van der Waals surface area contributed by atoms with Crippen LogP contribution in [0.5, 0.6) is 0 Å². The monoisotopic (exact) mass is 278 g/mol. The van der Waals surface area contributed by atoms with Gasteiger partial charge in [0.15, 0.2) is 0 Å². The van der Waals surface area contributed by atoms with E-state index < -0.39 is 0 Å². The van der Waals surface area contributed by atoms with Gasteiger partial charge in [-0.2, -0.15) is 5.10 Å². The molecule has 0 saturated carbocycles. The highest BCUT2D eigenvalue weighted by Gasteiger charge is 2.08. The van der Waals surface area contributed by atoms with E-state index in [1.807, 2.05) is 44.3 Å². The van der Waals surface area contributed by atoms with E-state index in [2.05, 4.69) is 38.7 Å². The fourth-order valence-corrected chi connectivity index (χ4v) is 2.36. The molecule has 0 aliphatic carbocycles. The van der Waals surface area contributed by atoms with Gasteiger partial charge in [-0.05, 0) is 31.5 Å². The zero-order valence-electron chi connectivity index (χ0n) is 12.2. The number of H-pyrrole nitrogens is 1. The Morgan fingerprint density at radius 1 is 1.05 bits per heavy atom. The lowest BCUT2D eigenvalue weighted by Gasteiger charge is -2.10. The third-order valence-electron chi connectivity index (χ3n) is 3.47. The lowest BCUT2D eigenvalue weighted by atomic mass is 10.1. The second kappa shape index (κ2) is 5.79. The Hall–Kier alpha value is -2.62. The zero-order chi connectivity index (χ0) is 14.7. The van der Waals surface area contributed by atoms with Gasteiger partial charge in [-0.1, -0.05) is 30.3 Å². The first-order chi connectivity index (χ1) is 10.2. The summed E-state index contributed by atoms with van der Waals surface area (Å²) < 4.78 is 0. The van der Waals surface area contributed by atoms with Crippen LogP contribution < -0.4 is 5.32 Å². The molecular weight excluding hydrogens is 260 g/mol. The average molecular weight is 278 g/mol. The highest BCUT2D eigenvalue weighted by molar-refractivity contribution is 5.63. The van der Waals surface area contributed by atoms with Gasteiger partial charge in [-0.15, -0.1) is 0 Å². The van der Waals surface area contributed by atoms with E-state index in [0.717, 1.165) is 33.9 Å². The Balaban J connectivity index is 1.79. The summed E-state index contributed by atoms with van der Waals surface area (Å²) in [5.41, 5.74) is 6.44. The van der Waals surface area contributed by atoms with Crippen LogP contribution in [0.1, 0.15) is 17.0 Å². The first kappa shape index (κ1) is 13.4. The number of aryl methyl sites for hydroxylation is 2. The third-order valence-corrected chi connectivity index (χ3v) is 3.47. The molecule has 2 N–H and O–H groups in total. The Labute approximate surface area is 124 Å². The van der Waals surface area contributed by atoms with Crippen molar-refractivity contribution < 1.29 is 0 Å². The summed E-state index contributed by atoms with van der Waals surface area (Å²) >= 11 is 0. The molecule has 2 aromatic heterocycles. The highest BCUT2D eigenvalue weighted by atomic mass is 15.1. The molecule has 4 heteroatoms. The van der Waals surface area contributed by atoms with Crippen LogP contribution in [-0.4, -0.2) is 15.2 Å².